The lowest BCUT2D eigenvalue weighted by atomic mass is 10.0. The van der Waals surface area contributed by atoms with Gasteiger partial charge in [-0.25, -0.2) is 18.4 Å². The predicted octanol–water partition coefficient (Wildman–Crippen LogP) is 6.58. The van der Waals surface area contributed by atoms with Gasteiger partial charge in [-0.3, -0.25) is 0 Å². The van der Waals surface area contributed by atoms with E-state index in [9.17, 15) is 23.5 Å². The van der Waals surface area contributed by atoms with Crippen LogP contribution in [0.1, 0.15) is 64.0 Å². The van der Waals surface area contributed by atoms with Crippen molar-refractivity contribution in [3.63, 3.8) is 0 Å². The molecule has 0 saturated heterocycles. The largest absolute Gasteiger partial charge is 0.492 e. The van der Waals surface area contributed by atoms with Gasteiger partial charge in [0.15, 0.2) is 6.10 Å². The van der Waals surface area contributed by atoms with Crippen molar-refractivity contribution < 1.29 is 33.0 Å². The van der Waals surface area contributed by atoms with Crippen LogP contribution >= 0.6 is 0 Å². The molecule has 0 aliphatic carbocycles. The van der Waals surface area contributed by atoms with Gasteiger partial charge in [0, 0.05) is 31.7 Å². The molecule has 0 aromatic heterocycles. The molecule has 2 aromatic rings. The SMILES string of the molecule is CCOC(Cc1ccc(OCCN(CCCCC(C)(F)F)C(=O)Nc2ccc(C(C)C)cc2)cc1)C(=O)O. The molecule has 0 saturated carbocycles. The molecule has 210 valence electrons. The van der Waals surface area contributed by atoms with E-state index < -0.39 is 18.0 Å². The number of halogens is 2. The summed E-state index contributed by atoms with van der Waals surface area (Å²) in [7, 11) is 0. The molecule has 38 heavy (non-hydrogen) atoms. The average Bonchev–Trinajstić information content (AvgIpc) is 2.85. The molecule has 0 aliphatic rings. The summed E-state index contributed by atoms with van der Waals surface area (Å²) in [6.07, 6.45) is -0.145. The lowest BCUT2D eigenvalue weighted by molar-refractivity contribution is -0.149. The van der Waals surface area contributed by atoms with Crippen molar-refractivity contribution in [2.75, 3.05) is 31.6 Å². The van der Waals surface area contributed by atoms with E-state index in [0.717, 1.165) is 18.1 Å². The lowest BCUT2D eigenvalue weighted by Crippen LogP contribution is -2.38. The van der Waals surface area contributed by atoms with Crippen LogP contribution in [0.3, 0.4) is 0 Å². The Bertz CT molecular complexity index is 992. The Labute approximate surface area is 224 Å². The number of rotatable bonds is 16. The van der Waals surface area contributed by atoms with E-state index in [0.29, 0.717) is 43.3 Å². The van der Waals surface area contributed by atoms with Gasteiger partial charge in [0.2, 0.25) is 5.92 Å². The van der Waals surface area contributed by atoms with Crippen molar-refractivity contribution in [1.29, 1.82) is 0 Å². The number of urea groups is 1. The molecule has 7 nitrogen and oxygen atoms in total. The average molecular weight is 535 g/mol. The summed E-state index contributed by atoms with van der Waals surface area (Å²) in [5.41, 5.74) is 2.62. The highest BCUT2D eigenvalue weighted by atomic mass is 19.3. The zero-order valence-electron chi connectivity index (χ0n) is 22.7. The first-order chi connectivity index (χ1) is 18.0. The van der Waals surface area contributed by atoms with E-state index in [2.05, 4.69) is 19.2 Å². The molecule has 0 fully saturated rings. The van der Waals surface area contributed by atoms with Crippen molar-refractivity contribution in [3.8, 4) is 5.75 Å². The number of nitrogens with zero attached hydrogens (tertiary/aromatic N) is 1. The monoisotopic (exact) mass is 534 g/mol. The van der Waals surface area contributed by atoms with Gasteiger partial charge in [-0.15, -0.1) is 0 Å². The van der Waals surface area contributed by atoms with Gasteiger partial charge >= 0.3 is 12.0 Å². The van der Waals surface area contributed by atoms with Crippen molar-refractivity contribution >= 4 is 17.7 Å². The highest BCUT2D eigenvalue weighted by Crippen LogP contribution is 2.21. The van der Waals surface area contributed by atoms with Crippen LogP contribution in [0.4, 0.5) is 19.3 Å². The van der Waals surface area contributed by atoms with E-state index in [1.807, 2.05) is 24.3 Å². The van der Waals surface area contributed by atoms with Crippen LogP contribution in [0.15, 0.2) is 48.5 Å². The van der Waals surface area contributed by atoms with E-state index in [-0.39, 0.29) is 32.0 Å². The molecule has 2 amide bonds. The maximum atomic E-state index is 13.2. The Morgan fingerprint density at radius 2 is 1.68 bits per heavy atom. The van der Waals surface area contributed by atoms with Crippen LogP contribution in [0.5, 0.6) is 5.75 Å². The van der Waals surface area contributed by atoms with E-state index in [1.165, 1.54) is 0 Å². The van der Waals surface area contributed by atoms with Crippen LogP contribution in [0.25, 0.3) is 0 Å². The highest BCUT2D eigenvalue weighted by molar-refractivity contribution is 5.89. The van der Waals surface area contributed by atoms with Gasteiger partial charge in [0.05, 0.1) is 6.54 Å². The van der Waals surface area contributed by atoms with Crippen LogP contribution < -0.4 is 10.1 Å². The second kappa shape index (κ2) is 15.3. The normalized spacial score (nSPS) is 12.3. The van der Waals surface area contributed by atoms with Crippen LogP contribution in [0.2, 0.25) is 0 Å². The van der Waals surface area contributed by atoms with Crippen molar-refractivity contribution in [3.05, 3.63) is 59.7 Å². The number of carboxylic acids is 1. The minimum Gasteiger partial charge on any atom is -0.492 e. The Hall–Kier alpha value is -3.20. The van der Waals surface area contributed by atoms with Gasteiger partial charge < -0.3 is 24.8 Å². The number of carbonyl (C=O) groups excluding carboxylic acids is 1. The third-order valence-electron chi connectivity index (χ3n) is 6.03. The number of alkyl halides is 2. The topological polar surface area (TPSA) is 88.1 Å². The molecule has 2 N–H and O–H groups in total. The minimum atomic E-state index is -2.73. The second-order valence-electron chi connectivity index (χ2n) is 9.70. The molecule has 1 unspecified atom stereocenters. The smallest absolute Gasteiger partial charge is 0.333 e. The zero-order valence-corrected chi connectivity index (χ0v) is 22.7. The third-order valence-corrected chi connectivity index (χ3v) is 6.03. The number of benzene rings is 2. The summed E-state index contributed by atoms with van der Waals surface area (Å²) in [5.74, 6) is -2.79. The van der Waals surface area contributed by atoms with Gasteiger partial charge in [0.25, 0.3) is 0 Å². The van der Waals surface area contributed by atoms with Crippen molar-refractivity contribution in [2.45, 2.75) is 71.3 Å². The number of carbonyl (C=O) groups is 2. The maximum Gasteiger partial charge on any atom is 0.333 e. The predicted molar refractivity (Wildman–Crippen MR) is 144 cm³/mol. The van der Waals surface area contributed by atoms with E-state index in [1.54, 1.807) is 36.1 Å². The number of aliphatic carboxylic acids is 1. The number of hydrogen-bond donors (Lipinski definition) is 2. The molecule has 2 rings (SSSR count). The fourth-order valence-electron chi connectivity index (χ4n) is 3.84. The van der Waals surface area contributed by atoms with Crippen molar-refractivity contribution in [1.82, 2.24) is 4.90 Å². The summed E-state index contributed by atoms with van der Waals surface area (Å²) in [4.78, 5) is 25.8. The molecular formula is C29H40F2N2O5. The molecule has 0 bridgehead atoms. The molecule has 0 heterocycles. The standard InChI is InChI=1S/C29H40F2N2O5/c1-5-37-26(27(34)35)20-22-8-14-25(15-9-22)38-19-18-33(17-7-6-16-29(4,30)31)28(36)32-24-12-10-23(11-13-24)21(2)3/h8-15,21,26H,5-7,16-20H2,1-4H3,(H,32,36)(H,34,35). The number of ether oxygens (including phenoxy) is 2. The quantitative estimate of drug-likeness (QED) is 0.238. The van der Waals surface area contributed by atoms with Gasteiger partial charge in [-0.05, 0) is 68.0 Å². The molecular weight excluding hydrogens is 494 g/mol. The first-order valence-corrected chi connectivity index (χ1v) is 13.1. The third kappa shape index (κ3) is 11.5. The molecule has 1 atom stereocenters. The Balaban J connectivity index is 1.95. The van der Waals surface area contributed by atoms with Gasteiger partial charge in [-0.2, -0.15) is 0 Å². The fraction of sp³-hybridized carbons (Fsp3) is 0.517. The number of unbranched alkanes of at least 4 members (excludes halogenated alkanes) is 1. The number of nitrogens with one attached hydrogen (secondary N) is 1. The number of amides is 2. The van der Waals surface area contributed by atoms with Crippen LogP contribution in [0, 0.1) is 0 Å². The first kappa shape index (κ1) is 31.0. The van der Waals surface area contributed by atoms with Gasteiger partial charge in [-0.1, -0.05) is 38.1 Å². The second-order valence-corrected chi connectivity index (χ2v) is 9.70. The molecule has 0 aliphatic heterocycles. The maximum absolute atomic E-state index is 13.2. The van der Waals surface area contributed by atoms with Crippen LogP contribution in [-0.2, 0) is 16.0 Å². The first-order valence-electron chi connectivity index (χ1n) is 13.1. The highest BCUT2D eigenvalue weighted by Gasteiger charge is 2.21. The molecule has 9 heteroatoms. The fourth-order valence-corrected chi connectivity index (χ4v) is 3.84. The summed E-state index contributed by atoms with van der Waals surface area (Å²) in [6, 6.07) is 14.3. The molecule has 0 spiro atoms. The summed E-state index contributed by atoms with van der Waals surface area (Å²) in [5, 5.41) is 12.1. The molecule has 0 radical (unpaired) electrons. The number of anilines is 1. The van der Waals surface area contributed by atoms with E-state index >= 15 is 0 Å². The van der Waals surface area contributed by atoms with Crippen LogP contribution in [-0.4, -0.2) is 60.3 Å². The summed E-state index contributed by atoms with van der Waals surface area (Å²) in [6.45, 7) is 7.95. The minimum absolute atomic E-state index is 0.208. The zero-order chi connectivity index (χ0) is 28.1. The Kier molecular flexibility index (Phi) is 12.5. The Morgan fingerprint density at radius 3 is 2.24 bits per heavy atom. The molecule has 2 aromatic carbocycles. The number of hydrogen-bond acceptors (Lipinski definition) is 4. The van der Waals surface area contributed by atoms with Gasteiger partial charge in [0.1, 0.15) is 12.4 Å². The summed E-state index contributed by atoms with van der Waals surface area (Å²) < 4.78 is 37.5. The number of carboxylic acid groups (broad SMARTS) is 1. The summed E-state index contributed by atoms with van der Waals surface area (Å²) >= 11 is 0. The van der Waals surface area contributed by atoms with E-state index in [4.69, 9.17) is 9.47 Å². The lowest BCUT2D eigenvalue weighted by Gasteiger charge is -2.24. The Morgan fingerprint density at radius 1 is 1.03 bits per heavy atom. The van der Waals surface area contributed by atoms with Crippen molar-refractivity contribution in [2.24, 2.45) is 0 Å².